The summed E-state index contributed by atoms with van der Waals surface area (Å²) in [4.78, 5) is 17.8. The third-order valence-corrected chi connectivity index (χ3v) is 5.70. The molecule has 0 radical (unpaired) electrons. The van der Waals surface area contributed by atoms with E-state index in [1.165, 1.54) is 12.8 Å². The Bertz CT molecular complexity index is 901. The molecule has 0 bridgehead atoms. The van der Waals surface area contributed by atoms with Gasteiger partial charge < -0.3 is 10.3 Å². The van der Waals surface area contributed by atoms with Crippen molar-refractivity contribution < 1.29 is 0 Å². The molecule has 0 amide bonds. The zero-order valence-corrected chi connectivity index (χ0v) is 15.7. The lowest BCUT2D eigenvalue weighted by Gasteiger charge is -2.37. The molecule has 0 aliphatic heterocycles. The number of hydrogen-bond acceptors (Lipinski definition) is 5. The van der Waals surface area contributed by atoms with E-state index in [-0.39, 0.29) is 0 Å². The summed E-state index contributed by atoms with van der Waals surface area (Å²) in [5.41, 5.74) is 9.00. The van der Waals surface area contributed by atoms with Crippen LogP contribution in [0.5, 0.6) is 0 Å². The quantitative estimate of drug-likeness (QED) is 0.747. The van der Waals surface area contributed by atoms with E-state index in [1.807, 2.05) is 18.5 Å². The second-order valence-corrected chi connectivity index (χ2v) is 8.36. The van der Waals surface area contributed by atoms with Gasteiger partial charge in [-0.3, -0.25) is 4.98 Å². The number of nitrogens with zero attached hydrogens (tertiary/aromatic N) is 5. The van der Waals surface area contributed by atoms with Crippen molar-refractivity contribution in [3.63, 3.8) is 0 Å². The Morgan fingerprint density at radius 3 is 2.38 bits per heavy atom. The molecule has 3 aromatic heterocycles. The lowest BCUT2D eigenvalue weighted by Crippen LogP contribution is -2.27. The molecule has 3 heterocycles. The molecule has 6 nitrogen and oxygen atoms in total. The van der Waals surface area contributed by atoms with E-state index in [4.69, 9.17) is 10.7 Å². The van der Waals surface area contributed by atoms with Gasteiger partial charge >= 0.3 is 0 Å². The first-order valence-electron chi connectivity index (χ1n) is 9.34. The predicted octanol–water partition coefficient (Wildman–Crippen LogP) is 4.25. The number of fused-ring (bicyclic) bond motifs is 1. The van der Waals surface area contributed by atoms with Crippen molar-refractivity contribution >= 4 is 17.0 Å². The van der Waals surface area contributed by atoms with Gasteiger partial charge in [0.2, 0.25) is 0 Å². The fourth-order valence-corrected chi connectivity index (χ4v) is 4.06. The standard InChI is InChI=1S/C20H26N6/c1-20(2,3)14-4-6-15(7-5-14)26-12-23-16-17(21)24-18(25-19(16)26)13-8-10-22-11-9-13/h8-12,14-15H,4-7H2,1-3H3,(H2,21,24,25). The van der Waals surface area contributed by atoms with Crippen LogP contribution in [0.2, 0.25) is 0 Å². The Morgan fingerprint density at radius 2 is 1.73 bits per heavy atom. The molecule has 3 aromatic rings. The minimum absolute atomic E-state index is 0.378. The van der Waals surface area contributed by atoms with Gasteiger partial charge in [-0.2, -0.15) is 0 Å². The van der Waals surface area contributed by atoms with Gasteiger partial charge in [-0.1, -0.05) is 20.8 Å². The summed E-state index contributed by atoms with van der Waals surface area (Å²) >= 11 is 0. The van der Waals surface area contributed by atoms with Crippen molar-refractivity contribution in [1.29, 1.82) is 0 Å². The fraction of sp³-hybridized carbons (Fsp3) is 0.500. The molecule has 1 aliphatic rings. The van der Waals surface area contributed by atoms with Gasteiger partial charge in [-0.25, -0.2) is 15.0 Å². The minimum atomic E-state index is 0.378. The number of anilines is 1. The largest absolute Gasteiger partial charge is 0.382 e. The average molecular weight is 350 g/mol. The molecule has 26 heavy (non-hydrogen) atoms. The van der Waals surface area contributed by atoms with Crippen LogP contribution in [0.4, 0.5) is 5.82 Å². The summed E-state index contributed by atoms with van der Waals surface area (Å²) in [5.74, 6) is 1.84. The number of rotatable bonds is 2. The van der Waals surface area contributed by atoms with Gasteiger partial charge in [0.05, 0.1) is 6.33 Å². The summed E-state index contributed by atoms with van der Waals surface area (Å²) in [6.45, 7) is 7.04. The van der Waals surface area contributed by atoms with Gasteiger partial charge in [0.25, 0.3) is 0 Å². The van der Waals surface area contributed by atoms with E-state index in [1.54, 1.807) is 12.4 Å². The lowest BCUT2D eigenvalue weighted by atomic mass is 9.71. The first-order chi connectivity index (χ1) is 12.4. The van der Waals surface area contributed by atoms with E-state index in [2.05, 4.69) is 40.3 Å². The summed E-state index contributed by atoms with van der Waals surface area (Å²) in [6, 6.07) is 4.23. The van der Waals surface area contributed by atoms with Crippen LogP contribution in [0.1, 0.15) is 52.5 Å². The molecule has 0 unspecified atom stereocenters. The Kier molecular flexibility index (Phi) is 4.13. The van der Waals surface area contributed by atoms with Crippen molar-refractivity contribution in [1.82, 2.24) is 24.5 Å². The zero-order chi connectivity index (χ0) is 18.3. The molecule has 0 saturated heterocycles. The van der Waals surface area contributed by atoms with Gasteiger partial charge in [0.1, 0.15) is 5.52 Å². The maximum absolute atomic E-state index is 6.17. The number of hydrogen-bond donors (Lipinski definition) is 1. The molecule has 1 aliphatic carbocycles. The highest BCUT2D eigenvalue weighted by atomic mass is 15.2. The van der Waals surface area contributed by atoms with E-state index in [9.17, 15) is 0 Å². The molecule has 0 spiro atoms. The van der Waals surface area contributed by atoms with Crippen molar-refractivity contribution in [2.24, 2.45) is 11.3 Å². The number of pyridine rings is 1. The molecule has 1 saturated carbocycles. The highest BCUT2D eigenvalue weighted by molar-refractivity contribution is 5.83. The monoisotopic (exact) mass is 350 g/mol. The molecule has 0 atom stereocenters. The van der Waals surface area contributed by atoms with E-state index in [0.29, 0.717) is 28.6 Å². The van der Waals surface area contributed by atoms with Crippen molar-refractivity contribution in [2.75, 3.05) is 5.73 Å². The second-order valence-electron chi connectivity index (χ2n) is 8.36. The third-order valence-electron chi connectivity index (χ3n) is 5.70. The summed E-state index contributed by atoms with van der Waals surface area (Å²) in [5, 5.41) is 0. The molecular formula is C20H26N6. The molecule has 136 valence electrons. The van der Waals surface area contributed by atoms with Gasteiger partial charge in [0.15, 0.2) is 17.3 Å². The minimum Gasteiger partial charge on any atom is -0.382 e. The Balaban J connectivity index is 1.68. The van der Waals surface area contributed by atoms with Crippen LogP contribution in [0, 0.1) is 11.3 Å². The Hall–Kier alpha value is -2.50. The van der Waals surface area contributed by atoms with Crippen LogP contribution in [0.25, 0.3) is 22.6 Å². The van der Waals surface area contributed by atoms with Crippen LogP contribution in [-0.2, 0) is 0 Å². The molecule has 1 fully saturated rings. The van der Waals surface area contributed by atoms with Crippen LogP contribution < -0.4 is 5.73 Å². The number of nitrogen functional groups attached to an aromatic ring is 1. The summed E-state index contributed by atoms with van der Waals surface area (Å²) in [7, 11) is 0. The van der Waals surface area contributed by atoms with Crippen molar-refractivity contribution in [3.8, 4) is 11.4 Å². The van der Waals surface area contributed by atoms with Crippen LogP contribution in [-0.4, -0.2) is 24.5 Å². The predicted molar refractivity (Wildman–Crippen MR) is 103 cm³/mol. The molecule has 0 aromatic carbocycles. The van der Waals surface area contributed by atoms with Crippen LogP contribution in [0.15, 0.2) is 30.9 Å². The smallest absolute Gasteiger partial charge is 0.166 e. The van der Waals surface area contributed by atoms with Gasteiger partial charge in [0, 0.05) is 24.0 Å². The number of nitrogens with two attached hydrogens (primary N) is 1. The molecular weight excluding hydrogens is 324 g/mol. The van der Waals surface area contributed by atoms with Gasteiger partial charge in [-0.15, -0.1) is 0 Å². The number of imidazole rings is 1. The molecule has 4 rings (SSSR count). The average Bonchev–Trinajstić information content (AvgIpc) is 3.06. The summed E-state index contributed by atoms with van der Waals surface area (Å²) in [6.07, 6.45) is 10.2. The lowest BCUT2D eigenvalue weighted by molar-refractivity contribution is 0.153. The van der Waals surface area contributed by atoms with E-state index < -0.39 is 0 Å². The first-order valence-corrected chi connectivity index (χ1v) is 9.34. The van der Waals surface area contributed by atoms with Gasteiger partial charge in [-0.05, 0) is 49.1 Å². The Labute approximate surface area is 153 Å². The topological polar surface area (TPSA) is 82.5 Å². The maximum atomic E-state index is 6.17. The first kappa shape index (κ1) is 16.9. The van der Waals surface area contributed by atoms with E-state index in [0.717, 1.165) is 30.0 Å². The van der Waals surface area contributed by atoms with Crippen molar-refractivity contribution in [3.05, 3.63) is 30.9 Å². The van der Waals surface area contributed by atoms with Crippen LogP contribution in [0.3, 0.4) is 0 Å². The summed E-state index contributed by atoms with van der Waals surface area (Å²) < 4.78 is 2.21. The van der Waals surface area contributed by atoms with Crippen molar-refractivity contribution in [2.45, 2.75) is 52.5 Å². The third kappa shape index (κ3) is 3.04. The normalized spacial score (nSPS) is 21.2. The zero-order valence-electron chi connectivity index (χ0n) is 15.7. The maximum Gasteiger partial charge on any atom is 0.166 e. The number of aromatic nitrogens is 5. The molecule has 6 heteroatoms. The highest BCUT2D eigenvalue weighted by Crippen LogP contribution is 2.42. The van der Waals surface area contributed by atoms with E-state index >= 15 is 0 Å². The SMILES string of the molecule is CC(C)(C)C1CCC(n2cnc3c(N)nc(-c4ccncc4)nc32)CC1. The second kappa shape index (κ2) is 6.34. The van der Waals surface area contributed by atoms with Crippen LogP contribution >= 0.6 is 0 Å². The highest BCUT2D eigenvalue weighted by Gasteiger charge is 2.31. The molecule has 2 N–H and O–H groups in total. The fourth-order valence-electron chi connectivity index (χ4n) is 4.06. The Morgan fingerprint density at radius 1 is 1.04 bits per heavy atom.